The highest BCUT2D eigenvalue weighted by molar-refractivity contribution is 5.37. The van der Waals surface area contributed by atoms with Crippen LogP contribution in [0.15, 0.2) is 24.5 Å². The maximum atomic E-state index is 10.8. The van der Waals surface area contributed by atoms with Gasteiger partial charge in [-0.2, -0.15) is 4.68 Å². The van der Waals surface area contributed by atoms with Crippen molar-refractivity contribution in [3.63, 3.8) is 0 Å². The number of pyridine rings is 1. The minimum absolute atomic E-state index is 0.0941. The molecule has 0 fully saturated rings. The van der Waals surface area contributed by atoms with Gasteiger partial charge in [-0.1, -0.05) is 6.92 Å². The molecule has 0 aliphatic heterocycles. The van der Waals surface area contributed by atoms with Crippen molar-refractivity contribution in [2.75, 3.05) is 11.9 Å². The molecule has 2 aromatic rings. The van der Waals surface area contributed by atoms with E-state index in [0.717, 1.165) is 24.3 Å². The molecule has 2 heterocycles. The van der Waals surface area contributed by atoms with Gasteiger partial charge in [0.05, 0.1) is 23.4 Å². The summed E-state index contributed by atoms with van der Waals surface area (Å²) in [4.78, 5) is 14.5. The minimum atomic E-state index is -0.466. The second kappa shape index (κ2) is 6.14. The lowest BCUT2D eigenvalue weighted by molar-refractivity contribution is -0.390. The Balaban J connectivity index is 2.13. The number of hydrogen-bond donors (Lipinski definition) is 1. The fourth-order valence-electron chi connectivity index (χ4n) is 1.88. The predicted octanol–water partition coefficient (Wildman–Crippen LogP) is 2.36. The normalized spacial score (nSPS) is 10.5. The smallest absolute Gasteiger partial charge is 0.370 e. The number of rotatable bonds is 6. The van der Waals surface area contributed by atoms with E-state index in [1.807, 2.05) is 12.1 Å². The lowest BCUT2D eigenvalue weighted by atomic mass is 10.2. The van der Waals surface area contributed by atoms with Crippen LogP contribution in [0.4, 0.5) is 11.6 Å². The molecule has 106 valence electrons. The minimum Gasteiger partial charge on any atom is -0.370 e. The van der Waals surface area contributed by atoms with Crippen LogP contribution in [0.2, 0.25) is 0 Å². The summed E-state index contributed by atoms with van der Waals surface area (Å²) in [5, 5.41) is 17.9. The Morgan fingerprint density at radius 3 is 2.95 bits per heavy atom. The Morgan fingerprint density at radius 1 is 1.50 bits per heavy atom. The number of nitro groups is 1. The molecule has 0 aliphatic carbocycles. The van der Waals surface area contributed by atoms with Gasteiger partial charge in [0.25, 0.3) is 0 Å². The van der Waals surface area contributed by atoms with E-state index < -0.39 is 4.92 Å². The highest BCUT2D eigenvalue weighted by Gasteiger charge is 2.17. The second-order valence-corrected chi connectivity index (χ2v) is 4.57. The zero-order valence-electron chi connectivity index (χ0n) is 11.5. The van der Waals surface area contributed by atoms with E-state index in [1.54, 1.807) is 24.0 Å². The van der Waals surface area contributed by atoms with Crippen LogP contribution in [0, 0.1) is 17.0 Å². The maximum absolute atomic E-state index is 10.8. The summed E-state index contributed by atoms with van der Waals surface area (Å²) < 4.78 is 1.58. The molecule has 0 radical (unpaired) electrons. The molecule has 0 unspecified atom stereocenters. The summed E-state index contributed by atoms with van der Waals surface area (Å²) in [5.74, 6) is 0.714. The van der Waals surface area contributed by atoms with Gasteiger partial charge in [0.2, 0.25) is 0 Å². The lowest BCUT2D eigenvalue weighted by Gasteiger charge is -2.05. The fraction of sp³-hybridized carbons (Fsp3) is 0.385. The first-order chi connectivity index (χ1) is 9.60. The van der Waals surface area contributed by atoms with Crippen LogP contribution < -0.4 is 5.32 Å². The van der Waals surface area contributed by atoms with Crippen molar-refractivity contribution in [3.05, 3.63) is 45.8 Å². The summed E-state index contributed by atoms with van der Waals surface area (Å²) in [6.45, 7) is 5.12. The highest BCUT2D eigenvalue weighted by Crippen LogP contribution is 2.15. The van der Waals surface area contributed by atoms with Crippen LogP contribution >= 0.6 is 0 Å². The summed E-state index contributed by atoms with van der Waals surface area (Å²) in [6.07, 6.45) is 4.42. The number of nitrogens with zero attached hydrogens (tertiary/aromatic N) is 4. The molecule has 0 saturated carbocycles. The average Bonchev–Trinajstić information content (AvgIpc) is 2.78. The molecule has 0 amide bonds. The number of nitrogens with one attached hydrogen (secondary N) is 1. The third kappa shape index (κ3) is 3.31. The van der Waals surface area contributed by atoms with Gasteiger partial charge in [-0.3, -0.25) is 0 Å². The molecule has 0 saturated heterocycles. The molecule has 0 bridgehead atoms. The molecule has 2 aromatic heterocycles. The molecule has 7 nitrogen and oxygen atoms in total. The summed E-state index contributed by atoms with van der Waals surface area (Å²) in [7, 11) is 0. The van der Waals surface area contributed by atoms with Gasteiger partial charge in [0.15, 0.2) is 0 Å². The maximum Gasteiger partial charge on any atom is 0.392 e. The SMILES string of the molecule is CCCNc1cc(Cn2cc(C)c([N+](=O)[O-])n2)ccn1. The molecule has 2 rings (SSSR count). The average molecular weight is 275 g/mol. The van der Waals surface area contributed by atoms with Crippen LogP contribution in [0.5, 0.6) is 0 Å². The van der Waals surface area contributed by atoms with E-state index >= 15 is 0 Å². The summed E-state index contributed by atoms with van der Waals surface area (Å²) >= 11 is 0. The van der Waals surface area contributed by atoms with E-state index in [-0.39, 0.29) is 5.82 Å². The van der Waals surface area contributed by atoms with E-state index in [4.69, 9.17) is 0 Å². The van der Waals surface area contributed by atoms with E-state index in [9.17, 15) is 10.1 Å². The van der Waals surface area contributed by atoms with E-state index in [1.165, 1.54) is 0 Å². The summed E-state index contributed by atoms with van der Waals surface area (Å²) in [5.41, 5.74) is 1.56. The van der Waals surface area contributed by atoms with Crippen LogP contribution in [0.3, 0.4) is 0 Å². The Hall–Kier alpha value is -2.44. The molecular weight excluding hydrogens is 258 g/mol. The molecule has 0 aromatic carbocycles. The molecule has 7 heteroatoms. The molecule has 0 atom stereocenters. The van der Waals surface area contributed by atoms with Crippen molar-refractivity contribution < 1.29 is 4.92 Å². The topological polar surface area (TPSA) is 85.9 Å². The van der Waals surface area contributed by atoms with Crippen LogP contribution in [-0.2, 0) is 6.54 Å². The van der Waals surface area contributed by atoms with Crippen LogP contribution in [-0.4, -0.2) is 26.2 Å². The van der Waals surface area contributed by atoms with Gasteiger partial charge in [-0.15, -0.1) is 0 Å². The van der Waals surface area contributed by atoms with Crippen molar-refractivity contribution in [2.45, 2.75) is 26.8 Å². The Bertz CT molecular complexity index is 609. The van der Waals surface area contributed by atoms with Crippen molar-refractivity contribution in [1.82, 2.24) is 14.8 Å². The van der Waals surface area contributed by atoms with Crippen LogP contribution in [0.1, 0.15) is 24.5 Å². The quantitative estimate of drug-likeness (QED) is 0.646. The van der Waals surface area contributed by atoms with E-state index in [2.05, 4.69) is 22.3 Å². The Labute approximate surface area is 116 Å². The van der Waals surface area contributed by atoms with Gasteiger partial charge >= 0.3 is 5.82 Å². The first-order valence-electron chi connectivity index (χ1n) is 6.47. The molecule has 0 spiro atoms. The monoisotopic (exact) mass is 275 g/mol. The first kappa shape index (κ1) is 14.0. The van der Waals surface area contributed by atoms with Gasteiger partial charge in [0, 0.05) is 12.7 Å². The third-order valence-corrected chi connectivity index (χ3v) is 2.82. The predicted molar refractivity (Wildman–Crippen MR) is 75.7 cm³/mol. The van der Waals surface area contributed by atoms with Gasteiger partial charge < -0.3 is 15.4 Å². The number of anilines is 1. The largest absolute Gasteiger partial charge is 0.392 e. The number of hydrogen-bond acceptors (Lipinski definition) is 5. The fourth-order valence-corrected chi connectivity index (χ4v) is 1.88. The first-order valence-corrected chi connectivity index (χ1v) is 6.47. The van der Waals surface area contributed by atoms with Crippen molar-refractivity contribution in [1.29, 1.82) is 0 Å². The van der Waals surface area contributed by atoms with Crippen molar-refractivity contribution in [3.8, 4) is 0 Å². The molecule has 0 aliphatic rings. The molecular formula is C13H17N5O2. The lowest BCUT2D eigenvalue weighted by Crippen LogP contribution is -2.05. The van der Waals surface area contributed by atoms with E-state index in [0.29, 0.717) is 12.1 Å². The zero-order valence-corrected chi connectivity index (χ0v) is 11.5. The Morgan fingerprint density at radius 2 is 2.30 bits per heavy atom. The molecule has 20 heavy (non-hydrogen) atoms. The molecule has 1 N–H and O–H groups in total. The highest BCUT2D eigenvalue weighted by atomic mass is 16.6. The van der Waals surface area contributed by atoms with Gasteiger partial charge in [0.1, 0.15) is 5.82 Å². The second-order valence-electron chi connectivity index (χ2n) is 4.57. The standard InChI is InChI=1S/C13H17N5O2/c1-3-5-14-12-7-11(4-6-15-12)9-17-8-10(2)13(16-17)18(19)20/h4,6-8H,3,5,9H2,1-2H3,(H,14,15). The van der Waals surface area contributed by atoms with Crippen LogP contribution in [0.25, 0.3) is 0 Å². The van der Waals surface area contributed by atoms with Crippen molar-refractivity contribution in [2.24, 2.45) is 0 Å². The Kier molecular flexibility index (Phi) is 4.29. The zero-order chi connectivity index (χ0) is 14.5. The van der Waals surface area contributed by atoms with Gasteiger partial charge in [-0.05, 0) is 36.0 Å². The number of aryl methyl sites for hydroxylation is 1. The van der Waals surface area contributed by atoms with Crippen molar-refractivity contribution >= 4 is 11.6 Å². The summed E-state index contributed by atoms with van der Waals surface area (Å²) in [6, 6.07) is 3.80. The van der Waals surface area contributed by atoms with Gasteiger partial charge in [-0.25, -0.2) is 4.98 Å². The third-order valence-electron chi connectivity index (χ3n) is 2.82. The number of aromatic nitrogens is 3.